The summed E-state index contributed by atoms with van der Waals surface area (Å²) in [6, 6.07) is 17.6. The van der Waals surface area contributed by atoms with Crippen LogP contribution >= 0.6 is 11.3 Å². The molecule has 1 aromatic carbocycles. The number of amides is 1. The summed E-state index contributed by atoms with van der Waals surface area (Å²) < 4.78 is 16.7. The van der Waals surface area contributed by atoms with Crippen molar-refractivity contribution in [3.8, 4) is 11.5 Å². The quantitative estimate of drug-likeness (QED) is 0.395. The molecular weight excluding hydrogens is 440 g/mol. The first-order chi connectivity index (χ1) is 15.5. The highest BCUT2D eigenvalue weighted by Crippen LogP contribution is 2.26. The lowest BCUT2D eigenvalue weighted by atomic mass is 10.0. The van der Waals surface area contributed by atoms with Crippen LogP contribution in [0.25, 0.3) is 11.5 Å². The van der Waals surface area contributed by atoms with Gasteiger partial charge in [0.2, 0.25) is 5.91 Å². The molecule has 0 saturated heterocycles. The second-order valence-electron chi connectivity index (χ2n) is 7.86. The molecule has 0 fully saturated rings. The van der Waals surface area contributed by atoms with Crippen LogP contribution in [0.2, 0.25) is 0 Å². The number of rotatable bonds is 9. The molecule has 0 radical (unpaired) electrons. The second kappa shape index (κ2) is 10.1. The van der Waals surface area contributed by atoms with E-state index >= 15 is 0 Å². The third kappa shape index (κ3) is 5.08. The maximum Gasteiger partial charge on any atom is 0.233 e. The van der Waals surface area contributed by atoms with Gasteiger partial charge in [-0.2, -0.15) is 5.10 Å². The van der Waals surface area contributed by atoms with E-state index in [4.69, 9.17) is 0 Å². The lowest BCUT2D eigenvalue weighted by Gasteiger charge is -2.21. The summed E-state index contributed by atoms with van der Waals surface area (Å²) >= 11 is 1.62. The van der Waals surface area contributed by atoms with Gasteiger partial charge in [-0.3, -0.25) is 9.00 Å². The van der Waals surface area contributed by atoms with E-state index in [1.54, 1.807) is 17.5 Å². The van der Waals surface area contributed by atoms with Crippen molar-refractivity contribution in [2.24, 2.45) is 5.92 Å². The Morgan fingerprint density at radius 1 is 1.09 bits per heavy atom. The zero-order valence-corrected chi connectivity index (χ0v) is 19.7. The molecule has 2 atom stereocenters. The van der Waals surface area contributed by atoms with Crippen LogP contribution in [0.1, 0.15) is 30.3 Å². The van der Waals surface area contributed by atoms with Gasteiger partial charge in [0.05, 0.1) is 23.7 Å². The predicted octanol–water partition coefficient (Wildman–Crippen LogP) is 4.49. The minimum atomic E-state index is -1.37. The Balaban J connectivity index is 1.50. The van der Waals surface area contributed by atoms with E-state index in [-0.39, 0.29) is 29.4 Å². The summed E-state index contributed by atoms with van der Waals surface area (Å²) in [6.45, 7) is 4.14. The van der Waals surface area contributed by atoms with Gasteiger partial charge in [0, 0.05) is 33.6 Å². The minimum Gasteiger partial charge on any atom is -0.347 e. The number of hydrogen-bond donors (Lipinski definition) is 1. The first-order valence-electron chi connectivity index (χ1n) is 10.5. The molecule has 0 bridgehead atoms. The van der Waals surface area contributed by atoms with Gasteiger partial charge in [0.25, 0.3) is 0 Å². The fraction of sp³-hybridized carbons (Fsp3) is 0.250. The molecule has 0 aliphatic heterocycles. The topological polar surface area (TPSA) is 68.9 Å². The van der Waals surface area contributed by atoms with E-state index in [1.807, 2.05) is 81.6 Å². The van der Waals surface area contributed by atoms with Crippen molar-refractivity contribution in [1.82, 2.24) is 19.7 Å². The van der Waals surface area contributed by atoms with Crippen LogP contribution in [-0.2, 0) is 21.3 Å². The fourth-order valence-corrected chi connectivity index (χ4v) is 5.58. The molecule has 0 aliphatic rings. The van der Waals surface area contributed by atoms with Gasteiger partial charge in [0.1, 0.15) is 11.6 Å². The van der Waals surface area contributed by atoms with Crippen LogP contribution in [0.5, 0.6) is 0 Å². The number of nitrogens with one attached hydrogen (secondary N) is 1. The molecule has 166 valence electrons. The zero-order chi connectivity index (χ0) is 22.5. The van der Waals surface area contributed by atoms with Crippen molar-refractivity contribution >= 4 is 28.0 Å². The van der Waals surface area contributed by atoms with Gasteiger partial charge in [0.15, 0.2) is 0 Å². The van der Waals surface area contributed by atoms with Crippen LogP contribution in [0, 0.1) is 5.92 Å². The maximum absolute atomic E-state index is 12.9. The van der Waals surface area contributed by atoms with E-state index in [0.717, 1.165) is 21.9 Å². The van der Waals surface area contributed by atoms with E-state index in [0.29, 0.717) is 0 Å². The van der Waals surface area contributed by atoms with Crippen molar-refractivity contribution in [3.05, 3.63) is 89.0 Å². The Labute approximate surface area is 194 Å². The van der Waals surface area contributed by atoms with Gasteiger partial charge < -0.3 is 9.88 Å². The van der Waals surface area contributed by atoms with Crippen LogP contribution in [-0.4, -0.2) is 30.2 Å². The summed E-state index contributed by atoms with van der Waals surface area (Å²) in [6.07, 6.45) is 5.61. The second-order valence-corrected chi connectivity index (χ2v) is 10.3. The molecule has 0 aliphatic carbocycles. The molecule has 4 aromatic rings. The first kappa shape index (κ1) is 22.2. The summed E-state index contributed by atoms with van der Waals surface area (Å²) in [5, 5.41) is 9.61. The van der Waals surface area contributed by atoms with E-state index < -0.39 is 10.8 Å². The van der Waals surface area contributed by atoms with E-state index in [9.17, 15) is 9.00 Å². The molecule has 8 heteroatoms. The third-order valence-electron chi connectivity index (χ3n) is 5.11. The molecular formula is C24H26N4O2S2. The number of thiophene rings is 1. The lowest BCUT2D eigenvalue weighted by Crippen LogP contribution is -2.34. The van der Waals surface area contributed by atoms with Gasteiger partial charge in [-0.15, -0.1) is 11.3 Å². The zero-order valence-electron chi connectivity index (χ0n) is 18.0. The van der Waals surface area contributed by atoms with Crippen molar-refractivity contribution in [3.63, 3.8) is 0 Å². The van der Waals surface area contributed by atoms with Crippen LogP contribution in [0.3, 0.4) is 0 Å². The van der Waals surface area contributed by atoms with Crippen molar-refractivity contribution in [2.75, 3.05) is 5.75 Å². The third-order valence-corrected chi connectivity index (χ3v) is 7.28. The highest BCUT2D eigenvalue weighted by atomic mass is 32.2. The van der Waals surface area contributed by atoms with Crippen LogP contribution in [0.4, 0.5) is 0 Å². The largest absolute Gasteiger partial charge is 0.347 e. The monoisotopic (exact) mass is 466 g/mol. The molecule has 4 rings (SSSR count). The van der Waals surface area contributed by atoms with E-state index in [1.165, 1.54) is 0 Å². The van der Waals surface area contributed by atoms with Crippen molar-refractivity contribution in [1.29, 1.82) is 0 Å². The smallest absolute Gasteiger partial charge is 0.233 e. The minimum absolute atomic E-state index is 0.0454. The van der Waals surface area contributed by atoms with Crippen molar-refractivity contribution < 1.29 is 9.00 Å². The fourth-order valence-electron chi connectivity index (χ4n) is 3.61. The van der Waals surface area contributed by atoms with Crippen LogP contribution < -0.4 is 5.32 Å². The lowest BCUT2D eigenvalue weighted by molar-refractivity contribution is -0.119. The predicted molar refractivity (Wildman–Crippen MR) is 130 cm³/mol. The number of hydrogen-bond acceptors (Lipinski definition) is 4. The van der Waals surface area contributed by atoms with Crippen molar-refractivity contribution in [2.45, 2.75) is 25.6 Å². The normalized spacial score (nSPS) is 13.2. The molecule has 3 heterocycles. The Hall–Kier alpha value is -2.97. The average molecular weight is 467 g/mol. The molecule has 1 N–H and O–H groups in total. The number of benzene rings is 1. The van der Waals surface area contributed by atoms with Gasteiger partial charge in [-0.05, 0) is 41.6 Å². The summed E-state index contributed by atoms with van der Waals surface area (Å²) in [7, 11) is -1.37. The van der Waals surface area contributed by atoms with Gasteiger partial charge >= 0.3 is 0 Å². The number of nitrogens with zero attached hydrogens (tertiary/aromatic N) is 3. The maximum atomic E-state index is 12.9. The molecule has 32 heavy (non-hydrogen) atoms. The highest BCUT2D eigenvalue weighted by molar-refractivity contribution is 7.84. The molecule has 0 unspecified atom stereocenters. The Bertz CT molecular complexity index is 1170. The highest BCUT2D eigenvalue weighted by Gasteiger charge is 2.22. The summed E-state index contributed by atoms with van der Waals surface area (Å²) in [4.78, 5) is 13.8. The summed E-state index contributed by atoms with van der Waals surface area (Å²) in [5.41, 5.74) is 1.75. The standard InChI is InChI=1S/C24H26N4O2S2/c1-18(2)23(21-11-8-14-31-21)26-22(29)17-32(30)16-19-15-25-28(20-9-4-3-5-10-20)24(19)27-12-6-7-13-27/h3-15,18,23H,16-17H2,1-2H3,(H,26,29)/t23-,32-/m1/s1. The number of para-hydroxylation sites is 1. The van der Waals surface area contributed by atoms with Gasteiger partial charge in [-0.1, -0.05) is 38.1 Å². The Morgan fingerprint density at radius 2 is 1.84 bits per heavy atom. The molecule has 0 spiro atoms. The van der Waals surface area contributed by atoms with Gasteiger partial charge in [-0.25, -0.2) is 4.68 Å². The SMILES string of the molecule is CC(C)[C@@H](NC(=O)C[S@](=O)Cc1cnn(-c2ccccc2)c1-n1cccc1)c1cccs1. The number of aromatic nitrogens is 3. The Morgan fingerprint density at radius 3 is 2.50 bits per heavy atom. The van der Waals surface area contributed by atoms with E-state index in [2.05, 4.69) is 24.3 Å². The molecule has 0 saturated carbocycles. The van der Waals surface area contributed by atoms with Crippen LogP contribution in [0.15, 0.2) is 78.6 Å². The Kier molecular flexibility index (Phi) is 7.02. The number of carbonyl (C=O) groups excluding carboxylic acids is 1. The average Bonchev–Trinajstić information content (AvgIpc) is 3.53. The molecule has 6 nitrogen and oxygen atoms in total. The summed E-state index contributed by atoms with van der Waals surface area (Å²) in [5.74, 6) is 1.08. The first-order valence-corrected chi connectivity index (χ1v) is 12.8. The molecule has 1 amide bonds. The number of carbonyl (C=O) groups is 1. The molecule has 3 aromatic heterocycles.